The molecule has 0 spiro atoms. The molecule has 4 atom stereocenters. The molecule has 0 N–H and O–H groups in total. The second-order valence-corrected chi connectivity index (χ2v) is 14.8. The average molecular weight is 644 g/mol. The summed E-state index contributed by atoms with van der Waals surface area (Å²) in [7, 11) is 0. The summed E-state index contributed by atoms with van der Waals surface area (Å²) in [6.07, 6.45) is 50.6. The Morgan fingerprint density at radius 3 is 1.26 bits per heavy atom. The molecular formula is C42H77NO3. The van der Waals surface area contributed by atoms with Gasteiger partial charge >= 0.3 is 0 Å². The van der Waals surface area contributed by atoms with Crippen LogP contribution in [0.15, 0.2) is 29.5 Å². The third-order valence-electron chi connectivity index (χ3n) is 10.5. The number of fused-ring (bicyclic) bond motifs is 1. The van der Waals surface area contributed by atoms with Crippen molar-refractivity contribution in [2.75, 3.05) is 0 Å². The van der Waals surface area contributed by atoms with Crippen LogP contribution in [-0.2, 0) is 9.47 Å². The number of hydrogen-bond acceptors (Lipinski definition) is 4. The van der Waals surface area contributed by atoms with E-state index in [1.807, 2.05) is 0 Å². The summed E-state index contributed by atoms with van der Waals surface area (Å²) in [6.45, 7) is 4.56. The van der Waals surface area contributed by atoms with E-state index in [0.29, 0.717) is 0 Å². The molecule has 4 nitrogen and oxygen atoms in total. The van der Waals surface area contributed by atoms with Gasteiger partial charge < -0.3 is 9.47 Å². The van der Waals surface area contributed by atoms with E-state index in [4.69, 9.17) is 9.47 Å². The third kappa shape index (κ3) is 20.4. The molecule has 1 heterocycles. The molecule has 2 fully saturated rings. The Morgan fingerprint density at radius 1 is 0.500 bits per heavy atom. The minimum atomic E-state index is -0.408. The van der Waals surface area contributed by atoms with E-state index < -0.39 is 5.79 Å². The highest BCUT2D eigenvalue weighted by Crippen LogP contribution is 2.44. The maximum Gasteiger partial charge on any atom is 0.169 e. The first-order valence-electron chi connectivity index (χ1n) is 20.7. The number of unbranched alkanes of at least 4 members (excludes halogenated alkanes) is 24. The number of hydrogen-bond donors (Lipinski definition) is 0. The summed E-state index contributed by atoms with van der Waals surface area (Å²) in [5.41, 5.74) is 0. The van der Waals surface area contributed by atoms with Gasteiger partial charge in [0.05, 0.1) is 18.2 Å². The Bertz CT molecular complexity index is 735. The SMILES string of the molecule is CCCCC/C=C\C/C=C\CCCCCCCCC1(CCCCCCCCCCCCCCCCCC)O[C@H]2C[C@H](N=O)C[C@H]2O1. The van der Waals surface area contributed by atoms with Crippen LogP contribution >= 0.6 is 0 Å². The molecule has 0 radical (unpaired) electrons. The van der Waals surface area contributed by atoms with Gasteiger partial charge in [-0.25, -0.2) is 0 Å². The van der Waals surface area contributed by atoms with Crippen molar-refractivity contribution in [2.24, 2.45) is 5.18 Å². The van der Waals surface area contributed by atoms with Gasteiger partial charge in [0, 0.05) is 25.7 Å². The molecule has 0 aromatic heterocycles. The second kappa shape index (κ2) is 29.0. The number of rotatable bonds is 33. The minimum Gasteiger partial charge on any atom is -0.344 e. The lowest BCUT2D eigenvalue weighted by Gasteiger charge is -2.29. The van der Waals surface area contributed by atoms with Crippen molar-refractivity contribution in [2.45, 2.75) is 243 Å². The van der Waals surface area contributed by atoms with Gasteiger partial charge in [-0.1, -0.05) is 178 Å². The summed E-state index contributed by atoms with van der Waals surface area (Å²) < 4.78 is 13.2. The largest absolute Gasteiger partial charge is 0.344 e. The zero-order valence-corrected chi connectivity index (χ0v) is 30.8. The van der Waals surface area contributed by atoms with Crippen molar-refractivity contribution in [3.8, 4) is 0 Å². The molecule has 1 saturated heterocycles. The molecule has 4 heteroatoms. The van der Waals surface area contributed by atoms with Crippen LogP contribution < -0.4 is 0 Å². The molecule has 0 aromatic carbocycles. The number of allylic oxidation sites excluding steroid dienone is 4. The van der Waals surface area contributed by atoms with Crippen molar-refractivity contribution >= 4 is 0 Å². The maximum absolute atomic E-state index is 11.1. The fourth-order valence-corrected chi connectivity index (χ4v) is 7.54. The fourth-order valence-electron chi connectivity index (χ4n) is 7.54. The molecule has 0 amide bonds. The lowest BCUT2D eigenvalue weighted by Crippen LogP contribution is -2.32. The zero-order valence-electron chi connectivity index (χ0n) is 30.8. The number of nitrogens with zero attached hydrogens (tertiary/aromatic N) is 1. The summed E-state index contributed by atoms with van der Waals surface area (Å²) in [6, 6.07) is -0.120. The van der Waals surface area contributed by atoms with Gasteiger partial charge in [-0.2, -0.15) is 4.91 Å². The topological polar surface area (TPSA) is 47.9 Å². The smallest absolute Gasteiger partial charge is 0.169 e. The molecule has 0 bridgehead atoms. The monoisotopic (exact) mass is 644 g/mol. The first kappa shape index (κ1) is 41.2. The Hall–Kier alpha value is -1.00. The molecule has 2 rings (SSSR count). The van der Waals surface area contributed by atoms with Crippen LogP contribution in [0.1, 0.15) is 219 Å². The van der Waals surface area contributed by atoms with Crippen LogP contribution in [-0.4, -0.2) is 24.0 Å². The third-order valence-corrected chi connectivity index (χ3v) is 10.5. The van der Waals surface area contributed by atoms with E-state index in [9.17, 15) is 4.91 Å². The molecule has 1 aliphatic carbocycles. The number of nitroso groups, excluding NO2 is 1. The molecule has 46 heavy (non-hydrogen) atoms. The summed E-state index contributed by atoms with van der Waals surface area (Å²) in [5.74, 6) is -0.408. The van der Waals surface area contributed by atoms with Crippen LogP contribution in [0.4, 0.5) is 0 Å². The lowest BCUT2D eigenvalue weighted by molar-refractivity contribution is -0.191. The van der Waals surface area contributed by atoms with Gasteiger partial charge in [0.15, 0.2) is 5.79 Å². The molecular weight excluding hydrogens is 566 g/mol. The van der Waals surface area contributed by atoms with E-state index in [-0.39, 0.29) is 18.2 Å². The summed E-state index contributed by atoms with van der Waals surface area (Å²) in [5, 5.41) is 3.30. The molecule has 1 saturated carbocycles. The predicted molar refractivity (Wildman–Crippen MR) is 199 cm³/mol. The maximum atomic E-state index is 11.1. The van der Waals surface area contributed by atoms with E-state index in [0.717, 1.165) is 32.1 Å². The van der Waals surface area contributed by atoms with Gasteiger partial charge in [0.25, 0.3) is 0 Å². The standard InChI is InChI=1S/C42H77NO3/c1-3-5-7-9-11-13-15-17-19-21-23-25-27-29-31-33-35-42(45-40-37-39(43-44)38-41(40)46-42)36-34-32-30-28-26-24-22-20-18-16-14-12-10-8-6-4-2/h11,13,17,19,39-41H,3-10,12,14-16,18,20-38H2,1-2H3/b13-11-,19-17-/t39-,40-,41+,42?. The molecule has 0 aromatic rings. The Morgan fingerprint density at radius 2 is 0.848 bits per heavy atom. The lowest BCUT2D eigenvalue weighted by atomic mass is 9.98. The first-order chi connectivity index (χ1) is 22.7. The normalized spacial score (nSPS) is 22.9. The predicted octanol–water partition coefficient (Wildman–Crippen LogP) is 14.3. The highest BCUT2D eigenvalue weighted by molar-refractivity contribution is 4.96. The van der Waals surface area contributed by atoms with Crippen LogP contribution in [0.5, 0.6) is 0 Å². The van der Waals surface area contributed by atoms with Gasteiger partial charge in [-0.3, -0.25) is 0 Å². The quantitative estimate of drug-likeness (QED) is 0.0406. The van der Waals surface area contributed by atoms with Gasteiger partial charge in [-0.15, -0.1) is 0 Å². The number of ether oxygens (including phenoxy) is 2. The molecule has 2 aliphatic rings. The minimum absolute atomic E-state index is 0.0772. The van der Waals surface area contributed by atoms with Gasteiger partial charge in [0.1, 0.15) is 0 Å². The fraction of sp³-hybridized carbons (Fsp3) is 0.905. The second-order valence-electron chi connectivity index (χ2n) is 14.8. The highest BCUT2D eigenvalue weighted by atomic mass is 16.8. The van der Waals surface area contributed by atoms with Crippen LogP contribution in [0, 0.1) is 4.91 Å². The van der Waals surface area contributed by atoms with E-state index in [1.54, 1.807) is 0 Å². The van der Waals surface area contributed by atoms with E-state index in [2.05, 4.69) is 43.3 Å². The van der Waals surface area contributed by atoms with Crippen LogP contribution in [0.2, 0.25) is 0 Å². The Kier molecular flexibility index (Phi) is 25.9. The van der Waals surface area contributed by atoms with E-state index >= 15 is 0 Å². The molecule has 268 valence electrons. The van der Waals surface area contributed by atoms with Crippen molar-refractivity contribution in [3.63, 3.8) is 0 Å². The average Bonchev–Trinajstić information content (AvgIpc) is 3.60. The Labute approximate surface area is 286 Å². The van der Waals surface area contributed by atoms with Crippen molar-refractivity contribution < 1.29 is 9.47 Å². The van der Waals surface area contributed by atoms with Crippen LogP contribution in [0.25, 0.3) is 0 Å². The van der Waals surface area contributed by atoms with Crippen molar-refractivity contribution in [3.05, 3.63) is 29.2 Å². The van der Waals surface area contributed by atoms with Crippen molar-refractivity contribution in [1.29, 1.82) is 0 Å². The van der Waals surface area contributed by atoms with Crippen LogP contribution in [0.3, 0.4) is 0 Å². The van der Waals surface area contributed by atoms with Crippen molar-refractivity contribution in [1.82, 2.24) is 0 Å². The Balaban J connectivity index is 1.49. The first-order valence-corrected chi connectivity index (χ1v) is 20.7. The van der Waals surface area contributed by atoms with Gasteiger partial charge in [-0.05, 0) is 44.9 Å². The summed E-state index contributed by atoms with van der Waals surface area (Å²) >= 11 is 0. The van der Waals surface area contributed by atoms with Gasteiger partial charge in [0.2, 0.25) is 0 Å². The summed E-state index contributed by atoms with van der Waals surface area (Å²) in [4.78, 5) is 11.1. The molecule has 1 aliphatic heterocycles. The highest BCUT2D eigenvalue weighted by Gasteiger charge is 2.51. The zero-order chi connectivity index (χ0) is 32.8. The van der Waals surface area contributed by atoms with E-state index in [1.165, 1.54) is 173 Å². The molecule has 1 unspecified atom stereocenters.